The molecule has 1 aliphatic heterocycles. The number of benzene rings is 2. The van der Waals surface area contributed by atoms with Crippen molar-refractivity contribution >= 4 is 23.8 Å². The lowest BCUT2D eigenvalue weighted by molar-refractivity contribution is -0.143. The first-order valence-corrected chi connectivity index (χ1v) is 11.0. The van der Waals surface area contributed by atoms with Crippen LogP contribution in [0.3, 0.4) is 0 Å². The number of aliphatic carboxylic acids is 1. The number of carboxylic acid groups (broad SMARTS) is 1. The summed E-state index contributed by atoms with van der Waals surface area (Å²) in [5.41, 5.74) is 4.19. The number of hydrogen-bond acceptors (Lipinski definition) is 7. The first-order valence-electron chi connectivity index (χ1n) is 11.0. The molecule has 34 heavy (non-hydrogen) atoms. The van der Waals surface area contributed by atoms with Crippen molar-refractivity contribution < 1.29 is 28.9 Å². The van der Waals surface area contributed by atoms with E-state index in [1.807, 2.05) is 48.5 Å². The summed E-state index contributed by atoms with van der Waals surface area (Å²) >= 11 is 0. The van der Waals surface area contributed by atoms with Gasteiger partial charge >= 0.3 is 12.1 Å². The molecule has 0 radical (unpaired) electrons. The molecule has 2 N–H and O–H groups in total. The van der Waals surface area contributed by atoms with Gasteiger partial charge in [-0.15, -0.1) is 0 Å². The van der Waals surface area contributed by atoms with Gasteiger partial charge in [-0.2, -0.15) is 0 Å². The van der Waals surface area contributed by atoms with Gasteiger partial charge in [0.05, 0.1) is 5.92 Å². The summed E-state index contributed by atoms with van der Waals surface area (Å²) < 4.78 is 10.1. The van der Waals surface area contributed by atoms with E-state index in [0.29, 0.717) is 19.4 Å². The number of likely N-dealkylation sites (tertiary alicyclic amines) is 1. The van der Waals surface area contributed by atoms with Crippen molar-refractivity contribution in [3.63, 3.8) is 0 Å². The molecule has 2 amide bonds. The summed E-state index contributed by atoms with van der Waals surface area (Å²) in [6.07, 6.45) is 0.262. The molecule has 1 atom stereocenters. The molecule has 10 heteroatoms. The normalized spacial score (nSPS) is 17.1. The molecule has 3 aromatic rings. The number of fused-ring (bicyclic) bond motifs is 3. The second-order valence-corrected chi connectivity index (χ2v) is 8.34. The van der Waals surface area contributed by atoms with Crippen LogP contribution in [0.2, 0.25) is 0 Å². The Hall–Kier alpha value is -4.21. The van der Waals surface area contributed by atoms with Crippen molar-refractivity contribution in [1.29, 1.82) is 0 Å². The van der Waals surface area contributed by atoms with Gasteiger partial charge in [0.2, 0.25) is 11.5 Å². The molecule has 10 nitrogen and oxygen atoms in total. The number of piperidine rings is 1. The van der Waals surface area contributed by atoms with E-state index in [0.717, 1.165) is 22.3 Å². The summed E-state index contributed by atoms with van der Waals surface area (Å²) in [6.45, 7) is 0.548. The number of carbonyl (C=O) groups excluding carboxylic acids is 2. The van der Waals surface area contributed by atoms with E-state index in [1.165, 1.54) is 4.90 Å². The average Bonchev–Trinajstić information content (AvgIpc) is 3.44. The third kappa shape index (κ3) is 3.98. The third-order valence-electron chi connectivity index (χ3n) is 6.31. The Morgan fingerprint density at radius 1 is 1.06 bits per heavy atom. The number of nitrogens with zero attached hydrogens (tertiary/aromatic N) is 3. The van der Waals surface area contributed by atoms with Gasteiger partial charge < -0.3 is 14.7 Å². The Morgan fingerprint density at radius 2 is 1.74 bits per heavy atom. The van der Waals surface area contributed by atoms with Crippen LogP contribution in [0.25, 0.3) is 11.1 Å². The standard InChI is InChI=1S/C24H22N4O6/c29-22(28-11-5-6-14(12-28)23(30)31)20-21(27-34-26-20)25-24(32)33-13-19-17-9-3-1-7-15(17)16-8-2-4-10-18(16)19/h1-4,7-10,14,19H,5-6,11-13H2,(H,30,31)(H,25,27,32)/t14-/m1/s1. The van der Waals surface area contributed by atoms with Gasteiger partial charge in [-0.3, -0.25) is 14.9 Å². The van der Waals surface area contributed by atoms with E-state index < -0.39 is 23.9 Å². The predicted octanol–water partition coefficient (Wildman–Crippen LogP) is 3.37. The largest absolute Gasteiger partial charge is 0.481 e. The smallest absolute Gasteiger partial charge is 0.412 e. The SMILES string of the molecule is O=C(Nc1nonc1C(=O)N1CCC[C@@H](C(=O)O)C1)OCC1c2ccccc2-c2ccccc21. The van der Waals surface area contributed by atoms with Crippen molar-refractivity contribution in [3.8, 4) is 11.1 Å². The highest BCUT2D eigenvalue weighted by Crippen LogP contribution is 2.44. The zero-order valence-electron chi connectivity index (χ0n) is 18.1. The fourth-order valence-electron chi connectivity index (χ4n) is 4.66. The van der Waals surface area contributed by atoms with Crippen molar-refractivity contribution in [2.75, 3.05) is 25.0 Å². The van der Waals surface area contributed by atoms with Crippen molar-refractivity contribution in [3.05, 3.63) is 65.4 Å². The first-order chi connectivity index (χ1) is 16.5. The molecule has 0 spiro atoms. The van der Waals surface area contributed by atoms with Gasteiger partial charge in [0.15, 0.2) is 0 Å². The molecule has 1 aromatic heterocycles. The number of anilines is 1. The van der Waals surface area contributed by atoms with Crippen LogP contribution < -0.4 is 5.32 Å². The van der Waals surface area contributed by atoms with E-state index in [1.54, 1.807) is 0 Å². The molecule has 1 fully saturated rings. The molecule has 1 aliphatic carbocycles. The number of carbonyl (C=O) groups is 3. The topological polar surface area (TPSA) is 135 Å². The van der Waals surface area contributed by atoms with Crippen LogP contribution >= 0.6 is 0 Å². The highest BCUT2D eigenvalue weighted by Gasteiger charge is 2.33. The maximum atomic E-state index is 12.9. The fourth-order valence-corrected chi connectivity index (χ4v) is 4.66. The summed E-state index contributed by atoms with van der Waals surface area (Å²) in [5.74, 6) is -2.43. The molecule has 174 valence electrons. The minimum Gasteiger partial charge on any atom is -0.481 e. The van der Waals surface area contributed by atoms with Crippen LogP contribution in [0.4, 0.5) is 10.6 Å². The Kier molecular flexibility index (Phi) is 5.70. The Balaban J connectivity index is 1.25. The van der Waals surface area contributed by atoms with Crippen LogP contribution in [0.15, 0.2) is 53.2 Å². The molecule has 2 heterocycles. The second kappa shape index (κ2) is 8.97. The Bertz CT molecular complexity index is 1210. The predicted molar refractivity (Wildman–Crippen MR) is 119 cm³/mol. The number of hydrogen-bond donors (Lipinski definition) is 2. The van der Waals surface area contributed by atoms with Gasteiger partial charge in [-0.05, 0) is 45.4 Å². The lowest BCUT2D eigenvalue weighted by atomic mass is 9.98. The summed E-state index contributed by atoms with van der Waals surface area (Å²) in [4.78, 5) is 38.1. The number of ether oxygens (including phenoxy) is 1. The molecule has 2 aromatic carbocycles. The van der Waals surface area contributed by atoms with Gasteiger partial charge in [-0.25, -0.2) is 9.42 Å². The monoisotopic (exact) mass is 462 g/mol. The van der Waals surface area contributed by atoms with E-state index >= 15 is 0 Å². The van der Waals surface area contributed by atoms with Gasteiger partial charge in [0.1, 0.15) is 6.61 Å². The third-order valence-corrected chi connectivity index (χ3v) is 6.31. The number of nitrogens with one attached hydrogen (secondary N) is 1. The summed E-state index contributed by atoms with van der Waals surface area (Å²) in [6, 6.07) is 16.0. The van der Waals surface area contributed by atoms with Gasteiger partial charge in [0.25, 0.3) is 5.91 Å². The quantitative estimate of drug-likeness (QED) is 0.589. The minimum atomic E-state index is -0.951. The first kappa shape index (κ1) is 21.6. The lowest BCUT2D eigenvalue weighted by Gasteiger charge is -2.30. The molecule has 0 unspecified atom stereocenters. The number of rotatable bonds is 5. The van der Waals surface area contributed by atoms with Crippen molar-refractivity contribution in [2.45, 2.75) is 18.8 Å². The van der Waals surface area contributed by atoms with Crippen molar-refractivity contribution in [2.24, 2.45) is 5.92 Å². The van der Waals surface area contributed by atoms with Crippen molar-refractivity contribution in [1.82, 2.24) is 15.2 Å². The Morgan fingerprint density at radius 3 is 2.41 bits per heavy atom. The zero-order chi connectivity index (χ0) is 23.7. The van der Waals surface area contributed by atoms with Gasteiger partial charge in [-0.1, -0.05) is 48.5 Å². The lowest BCUT2D eigenvalue weighted by Crippen LogP contribution is -2.42. The summed E-state index contributed by atoms with van der Waals surface area (Å²) in [7, 11) is 0. The maximum absolute atomic E-state index is 12.9. The summed E-state index contributed by atoms with van der Waals surface area (Å²) in [5, 5.41) is 18.9. The molecule has 1 saturated heterocycles. The van der Waals surface area contributed by atoms with Crippen LogP contribution in [-0.2, 0) is 9.53 Å². The Labute approximate surface area is 194 Å². The van der Waals surface area contributed by atoms with Crippen LogP contribution in [0.1, 0.15) is 40.4 Å². The molecule has 5 rings (SSSR count). The molecule has 2 aliphatic rings. The van der Waals surface area contributed by atoms with E-state index in [-0.39, 0.29) is 30.6 Å². The van der Waals surface area contributed by atoms with Gasteiger partial charge in [0, 0.05) is 19.0 Å². The average molecular weight is 462 g/mol. The molecule has 0 bridgehead atoms. The van der Waals surface area contributed by atoms with Crippen LogP contribution in [0.5, 0.6) is 0 Å². The maximum Gasteiger partial charge on any atom is 0.412 e. The fraction of sp³-hybridized carbons (Fsp3) is 0.292. The van der Waals surface area contributed by atoms with Crippen LogP contribution in [0, 0.1) is 5.92 Å². The molecular weight excluding hydrogens is 440 g/mol. The number of amides is 2. The highest BCUT2D eigenvalue weighted by atomic mass is 16.6. The van der Waals surface area contributed by atoms with Crippen LogP contribution in [-0.4, -0.2) is 58.0 Å². The molecule has 0 saturated carbocycles. The number of aromatic nitrogens is 2. The van der Waals surface area contributed by atoms with E-state index in [2.05, 4.69) is 20.3 Å². The second-order valence-electron chi connectivity index (χ2n) is 8.34. The molecular formula is C24H22N4O6. The number of carboxylic acids is 1. The van der Waals surface area contributed by atoms with E-state index in [9.17, 15) is 19.5 Å². The van der Waals surface area contributed by atoms with E-state index in [4.69, 9.17) is 4.74 Å². The zero-order valence-corrected chi connectivity index (χ0v) is 18.1. The highest BCUT2D eigenvalue weighted by molar-refractivity contribution is 5.99. The minimum absolute atomic E-state index is 0.0609.